The number of carbonyl (C=O) groups is 6. The molecule has 47 heteroatoms. The lowest BCUT2D eigenvalue weighted by Crippen LogP contribution is -2.70. The van der Waals surface area contributed by atoms with Crippen LogP contribution in [-0.2, 0) is 69.3 Å². The number of piperidine rings is 2. The van der Waals surface area contributed by atoms with Crippen LogP contribution in [0.2, 0.25) is 0 Å². The summed E-state index contributed by atoms with van der Waals surface area (Å²) in [7, 11) is -14.0. The third-order valence-corrected chi connectivity index (χ3v) is 12.1. The maximum Gasteiger partial charge on any atom is 0.404 e. The number of aliphatic imine (C=N–C) groups is 2. The van der Waals surface area contributed by atoms with Gasteiger partial charge in [-0.3, -0.25) is 46.5 Å². The summed E-state index contributed by atoms with van der Waals surface area (Å²) in [6.45, 7) is -0.343. The van der Waals surface area contributed by atoms with Crippen LogP contribution >= 0.6 is 0 Å². The number of guanidine groups is 2. The predicted octanol–water partition coefficient (Wildman–Crippen LogP) is -13.5. The number of nitrogens with two attached hydrogens (primary N) is 6. The SMILES string of the molecule is NCCC[C@H](N)CC(=O)N[C@@H]1[C@H](O)[C@@H](OC(N)=O)[C@@H](CO)O[C@H]1NC1=N[C@@H]2C(=O)NC[C@@H](O)[C@H]2N1.NCCC[C@H](N)CC(=O)N[C@@H]1[C@H](O)[C@@H](OC(N)=O)[C@@H](CO)O[C@H]1NC1=N[C@@H]2C(=O)NC[C@@H](O)[C@H]2N1.O=S(=O)(O)O.O=S(=O)(O)O.O=S(=O)(O)O. The second-order valence-corrected chi connectivity index (χ2v) is 21.4. The number of nitrogens with zero attached hydrogens (tertiary/aromatic N) is 2. The molecular weight excluding hydrogens is 1220 g/mol. The zero-order valence-electron chi connectivity index (χ0n) is 44.4. The van der Waals surface area contributed by atoms with Crippen molar-refractivity contribution in [1.29, 1.82) is 0 Å². The van der Waals surface area contributed by atoms with E-state index >= 15 is 0 Å². The first-order valence-electron chi connectivity index (χ1n) is 24.8. The van der Waals surface area contributed by atoms with Gasteiger partial charge < -0.3 is 127 Å². The van der Waals surface area contributed by atoms with Crippen LogP contribution in [0.5, 0.6) is 0 Å². The van der Waals surface area contributed by atoms with Crippen LogP contribution in [0, 0.1) is 0 Å². The van der Waals surface area contributed by atoms with Gasteiger partial charge in [0.25, 0.3) is 0 Å². The molecule has 0 bridgehead atoms. The fraction of sp³-hybridized carbons (Fsp3) is 0.789. The Morgan fingerprint density at radius 1 is 0.600 bits per heavy atom. The number of amides is 6. The molecule has 0 aliphatic carbocycles. The first-order valence-corrected chi connectivity index (χ1v) is 29.0. The Balaban J connectivity index is 0.000000467. The molecule has 32 N–H and O–H groups in total. The normalized spacial score (nSPS) is 31.0. The molecule has 0 unspecified atom stereocenters. The molecule has 0 saturated carbocycles. The summed E-state index contributed by atoms with van der Waals surface area (Å²) in [5.74, 6) is -1.66. The number of fused-ring (bicyclic) bond motifs is 2. The van der Waals surface area contributed by atoms with Crippen LogP contribution in [0.25, 0.3) is 0 Å². The van der Waals surface area contributed by atoms with Gasteiger partial charge in [0.05, 0.1) is 37.5 Å². The highest BCUT2D eigenvalue weighted by atomic mass is 32.3. The van der Waals surface area contributed by atoms with Gasteiger partial charge in [-0.15, -0.1) is 0 Å². The number of ether oxygens (including phenoxy) is 4. The van der Waals surface area contributed by atoms with Crippen LogP contribution < -0.4 is 76.9 Å². The lowest BCUT2D eigenvalue weighted by molar-refractivity contribution is -0.198. The number of aliphatic hydroxyl groups is 6. The molecule has 6 heterocycles. The predicted molar refractivity (Wildman–Crippen MR) is 281 cm³/mol. The number of β-amino-alcohol motifs (C(OH)–C–C–N with tert-alkyl or cyclic N) is 2. The van der Waals surface area contributed by atoms with Crippen molar-refractivity contribution in [3.63, 3.8) is 0 Å². The van der Waals surface area contributed by atoms with E-state index in [1.165, 1.54) is 0 Å². The first-order chi connectivity index (χ1) is 39.3. The molecule has 6 amide bonds. The highest BCUT2D eigenvalue weighted by molar-refractivity contribution is 7.80. The second kappa shape index (κ2) is 34.4. The molecule has 85 heavy (non-hydrogen) atoms. The fourth-order valence-corrected chi connectivity index (χ4v) is 8.60. The average Bonchev–Trinajstić information content (AvgIpc) is 2.30. The number of nitrogens with one attached hydrogen (secondary N) is 8. The maximum atomic E-state index is 12.7. The molecule has 18 atom stereocenters. The molecule has 6 rings (SSSR count). The number of hydrogen-bond donors (Lipinski definition) is 26. The minimum Gasteiger partial charge on any atom is -0.441 e. The molecule has 4 saturated heterocycles. The minimum absolute atomic E-state index is 0.0518. The molecule has 0 aromatic heterocycles. The lowest BCUT2D eigenvalue weighted by atomic mass is 9.95. The van der Waals surface area contributed by atoms with Crippen molar-refractivity contribution in [2.45, 2.75) is 148 Å². The van der Waals surface area contributed by atoms with Gasteiger partial charge in [-0.2, -0.15) is 25.3 Å². The Bertz CT molecular complexity index is 2410. The molecule has 6 aliphatic heterocycles. The van der Waals surface area contributed by atoms with E-state index in [-0.39, 0.29) is 49.7 Å². The minimum atomic E-state index is -4.67. The van der Waals surface area contributed by atoms with Gasteiger partial charge in [0.15, 0.2) is 48.7 Å². The van der Waals surface area contributed by atoms with Gasteiger partial charge in [-0.1, -0.05) is 0 Å². The highest BCUT2D eigenvalue weighted by Crippen LogP contribution is 2.26. The molecule has 4 fully saturated rings. The number of aliphatic hydroxyl groups excluding tert-OH is 6. The van der Waals surface area contributed by atoms with Crippen LogP contribution in [0.3, 0.4) is 0 Å². The van der Waals surface area contributed by atoms with Crippen molar-refractivity contribution in [2.75, 3.05) is 39.4 Å². The largest absolute Gasteiger partial charge is 0.441 e. The molecule has 44 nitrogen and oxygen atoms in total. The highest BCUT2D eigenvalue weighted by Gasteiger charge is 2.52. The molecule has 0 radical (unpaired) electrons. The van der Waals surface area contributed by atoms with Crippen LogP contribution in [-0.4, -0.2) is 280 Å². The smallest absolute Gasteiger partial charge is 0.404 e. The Hall–Kier alpha value is -5.91. The van der Waals surface area contributed by atoms with Gasteiger partial charge in [-0.25, -0.2) is 19.6 Å². The van der Waals surface area contributed by atoms with E-state index in [2.05, 4.69) is 52.5 Å². The van der Waals surface area contributed by atoms with Crippen LogP contribution in [0.4, 0.5) is 9.59 Å². The zero-order chi connectivity index (χ0) is 64.9. The Morgan fingerprint density at radius 2 is 0.906 bits per heavy atom. The topological polar surface area (TPSA) is 762 Å². The molecule has 0 aromatic carbocycles. The van der Waals surface area contributed by atoms with Gasteiger partial charge in [0.1, 0.15) is 36.5 Å². The fourth-order valence-electron chi connectivity index (χ4n) is 8.60. The molecular formula is C38H74N16O28S3. The maximum absolute atomic E-state index is 12.7. The Kier molecular flexibility index (Phi) is 30.5. The molecule has 0 aromatic rings. The van der Waals surface area contributed by atoms with Crippen molar-refractivity contribution in [1.82, 2.24) is 42.5 Å². The molecule has 492 valence electrons. The van der Waals surface area contributed by atoms with Crippen molar-refractivity contribution < 1.29 is 131 Å². The van der Waals surface area contributed by atoms with E-state index in [4.69, 9.17) is 106 Å². The van der Waals surface area contributed by atoms with E-state index < -0.39 is 178 Å². The summed E-state index contributed by atoms with van der Waals surface area (Å²) in [6, 6.07) is -6.53. The molecule has 6 aliphatic rings. The Morgan fingerprint density at radius 3 is 1.16 bits per heavy atom. The Labute approximate surface area is 483 Å². The van der Waals surface area contributed by atoms with Crippen molar-refractivity contribution in [3.05, 3.63) is 0 Å². The van der Waals surface area contributed by atoms with Gasteiger partial charge in [0, 0.05) is 38.0 Å². The van der Waals surface area contributed by atoms with Crippen molar-refractivity contribution >= 4 is 78.9 Å². The van der Waals surface area contributed by atoms with E-state index in [1.54, 1.807) is 0 Å². The summed E-state index contributed by atoms with van der Waals surface area (Å²) in [4.78, 5) is 80.7. The van der Waals surface area contributed by atoms with Crippen molar-refractivity contribution in [2.24, 2.45) is 44.4 Å². The summed E-state index contributed by atoms with van der Waals surface area (Å²) < 4.78 is 116. The number of hydrogen-bond acceptors (Lipinski definition) is 32. The van der Waals surface area contributed by atoms with Gasteiger partial charge in [0.2, 0.25) is 23.6 Å². The van der Waals surface area contributed by atoms with Gasteiger partial charge >= 0.3 is 43.4 Å². The summed E-state index contributed by atoms with van der Waals surface area (Å²) in [6.07, 6.45) is -12.7. The standard InChI is InChI=1S/2C19H34N8O8.3H2O4S/c2*20-3-1-2-7(21)4-10(30)24-13-14(31)15(35-18(22)33)9(6-28)34-17(13)27-19-25-11-8(29)5-23-16(32)12(11)26-19;3*1-5(2,3)4/h2*7-9,11-15,17,28-29,31H,1-6,20-21H2,(H2,22,33)(H,23,32)(H,24,30)(H2,25,26,27);3*(H2,1,2,3,4)/t2*7-,8+,9+,11+,12-,13+,14-,15-,17+;;;/m00.../s1. The second-order valence-electron chi connectivity index (χ2n) is 18.8. The monoisotopic (exact) mass is 1300 g/mol. The van der Waals surface area contributed by atoms with Gasteiger partial charge in [-0.05, 0) is 38.8 Å². The molecule has 0 spiro atoms. The van der Waals surface area contributed by atoms with E-state index in [1.807, 2.05) is 0 Å². The summed E-state index contributed by atoms with van der Waals surface area (Å²) in [5.41, 5.74) is 33.0. The summed E-state index contributed by atoms with van der Waals surface area (Å²) in [5, 5.41) is 83.5. The van der Waals surface area contributed by atoms with Crippen LogP contribution in [0.1, 0.15) is 38.5 Å². The van der Waals surface area contributed by atoms with E-state index in [0.29, 0.717) is 38.8 Å². The summed E-state index contributed by atoms with van der Waals surface area (Å²) >= 11 is 0. The number of primary amides is 2. The van der Waals surface area contributed by atoms with Crippen molar-refractivity contribution in [3.8, 4) is 0 Å². The number of rotatable bonds is 18. The average molecular weight is 1300 g/mol. The lowest BCUT2D eigenvalue weighted by Gasteiger charge is -2.44. The number of carbonyl (C=O) groups excluding carboxylic acids is 6. The van der Waals surface area contributed by atoms with Crippen LogP contribution in [0.15, 0.2) is 9.98 Å². The van der Waals surface area contributed by atoms with E-state index in [0.717, 1.165) is 0 Å². The zero-order valence-corrected chi connectivity index (χ0v) is 46.8. The van der Waals surface area contributed by atoms with E-state index in [9.17, 15) is 59.4 Å². The third kappa shape index (κ3) is 27.6. The quantitative estimate of drug-likeness (QED) is 0.0567. The first kappa shape index (κ1) is 75.2. The third-order valence-electron chi connectivity index (χ3n) is 12.1.